The molecule has 0 fully saturated rings. The van der Waals surface area contributed by atoms with Crippen molar-refractivity contribution < 1.29 is 13.2 Å². The van der Waals surface area contributed by atoms with Crippen molar-refractivity contribution >= 4 is 0 Å². The highest BCUT2D eigenvalue weighted by molar-refractivity contribution is 5.18. The molecular weight excluding hydrogens is 179 g/mol. The van der Waals surface area contributed by atoms with Crippen molar-refractivity contribution in [3.8, 4) is 0 Å². The Morgan fingerprint density at radius 3 is 2.08 bits per heavy atom. The molecule has 74 valence electrons. The van der Waals surface area contributed by atoms with Crippen molar-refractivity contribution in [2.45, 2.75) is 26.9 Å². The summed E-state index contributed by atoms with van der Waals surface area (Å²) in [6.07, 6.45) is -3.11. The van der Waals surface area contributed by atoms with E-state index in [1.165, 1.54) is 6.92 Å². The molecular formula is C9H12F3N. The van der Waals surface area contributed by atoms with Crippen LogP contribution >= 0.6 is 0 Å². The Balaban J connectivity index is 0.000000671. The zero-order valence-electron chi connectivity index (χ0n) is 7.81. The summed E-state index contributed by atoms with van der Waals surface area (Å²) in [5, 5.41) is 0. The van der Waals surface area contributed by atoms with Gasteiger partial charge in [0.2, 0.25) is 0 Å². The lowest BCUT2D eigenvalue weighted by molar-refractivity contribution is -0.137. The average molecular weight is 191 g/mol. The fraction of sp³-hybridized carbons (Fsp3) is 0.444. The topological polar surface area (TPSA) is 12.9 Å². The number of aryl methyl sites for hydroxylation is 1. The van der Waals surface area contributed by atoms with E-state index >= 15 is 0 Å². The van der Waals surface area contributed by atoms with E-state index in [1.54, 1.807) is 0 Å². The number of hydrogen-bond acceptors (Lipinski definition) is 1. The summed E-state index contributed by atoms with van der Waals surface area (Å²) in [5.41, 5.74) is -0.273. The molecule has 4 heteroatoms. The van der Waals surface area contributed by atoms with E-state index in [9.17, 15) is 13.2 Å². The van der Waals surface area contributed by atoms with E-state index in [0.717, 1.165) is 18.3 Å². The Hall–Kier alpha value is -1.06. The second kappa shape index (κ2) is 4.84. The first-order chi connectivity index (χ1) is 6.00. The van der Waals surface area contributed by atoms with E-state index in [1.807, 2.05) is 13.8 Å². The molecule has 0 unspecified atom stereocenters. The number of halogens is 3. The van der Waals surface area contributed by atoms with Crippen molar-refractivity contribution in [3.63, 3.8) is 0 Å². The van der Waals surface area contributed by atoms with Gasteiger partial charge < -0.3 is 0 Å². The SMILES string of the molecule is CC.Cc1cc(C(F)(F)F)ccn1. The predicted molar refractivity (Wildman–Crippen MR) is 45.3 cm³/mol. The minimum absolute atomic E-state index is 0.375. The van der Waals surface area contributed by atoms with E-state index in [-0.39, 0.29) is 0 Å². The van der Waals surface area contributed by atoms with Gasteiger partial charge in [-0.05, 0) is 19.1 Å². The fourth-order valence-corrected chi connectivity index (χ4v) is 0.722. The molecule has 0 spiro atoms. The maximum Gasteiger partial charge on any atom is 0.416 e. The normalized spacial score (nSPS) is 10.3. The minimum Gasteiger partial charge on any atom is -0.262 e. The summed E-state index contributed by atoms with van der Waals surface area (Å²) in [6.45, 7) is 5.52. The van der Waals surface area contributed by atoms with Crippen molar-refractivity contribution in [3.05, 3.63) is 29.6 Å². The summed E-state index contributed by atoms with van der Waals surface area (Å²) in [4.78, 5) is 3.65. The van der Waals surface area contributed by atoms with Gasteiger partial charge in [0.05, 0.1) is 5.56 Å². The summed E-state index contributed by atoms with van der Waals surface area (Å²) < 4.78 is 35.8. The molecule has 0 aromatic carbocycles. The molecule has 0 bridgehead atoms. The van der Waals surface area contributed by atoms with E-state index in [2.05, 4.69) is 4.98 Å². The van der Waals surface area contributed by atoms with Crippen LogP contribution in [0.25, 0.3) is 0 Å². The number of pyridine rings is 1. The molecule has 0 amide bonds. The summed E-state index contributed by atoms with van der Waals surface area (Å²) in [7, 11) is 0. The number of rotatable bonds is 0. The lowest BCUT2D eigenvalue weighted by Gasteiger charge is -2.05. The van der Waals surface area contributed by atoms with Crippen LogP contribution in [-0.2, 0) is 6.18 Å². The lowest BCUT2D eigenvalue weighted by atomic mass is 10.2. The lowest BCUT2D eigenvalue weighted by Crippen LogP contribution is -2.05. The van der Waals surface area contributed by atoms with Crippen LogP contribution in [0, 0.1) is 6.92 Å². The van der Waals surface area contributed by atoms with Crippen LogP contribution in [0.2, 0.25) is 0 Å². The molecule has 0 atom stereocenters. The molecule has 0 aliphatic rings. The first-order valence-electron chi connectivity index (χ1n) is 4.00. The van der Waals surface area contributed by atoms with Gasteiger partial charge in [0.1, 0.15) is 0 Å². The number of hydrogen-bond donors (Lipinski definition) is 0. The van der Waals surface area contributed by atoms with Crippen LogP contribution in [0.4, 0.5) is 13.2 Å². The van der Waals surface area contributed by atoms with Crippen LogP contribution in [0.3, 0.4) is 0 Å². The van der Waals surface area contributed by atoms with Crippen LogP contribution in [-0.4, -0.2) is 4.98 Å². The first-order valence-corrected chi connectivity index (χ1v) is 4.00. The fourth-order valence-electron chi connectivity index (χ4n) is 0.722. The number of alkyl halides is 3. The second-order valence-electron chi connectivity index (χ2n) is 2.18. The monoisotopic (exact) mass is 191 g/mol. The third-order valence-corrected chi connectivity index (χ3v) is 1.22. The van der Waals surface area contributed by atoms with Gasteiger partial charge in [0, 0.05) is 11.9 Å². The molecule has 0 saturated heterocycles. The molecule has 13 heavy (non-hydrogen) atoms. The zero-order chi connectivity index (χ0) is 10.5. The van der Waals surface area contributed by atoms with Crippen molar-refractivity contribution in [2.75, 3.05) is 0 Å². The zero-order valence-corrected chi connectivity index (χ0v) is 7.81. The number of aromatic nitrogens is 1. The van der Waals surface area contributed by atoms with Gasteiger partial charge >= 0.3 is 6.18 Å². The molecule has 1 heterocycles. The molecule has 1 aromatic rings. The van der Waals surface area contributed by atoms with E-state index in [4.69, 9.17) is 0 Å². The van der Waals surface area contributed by atoms with Crippen LogP contribution < -0.4 is 0 Å². The highest BCUT2D eigenvalue weighted by atomic mass is 19.4. The predicted octanol–water partition coefficient (Wildman–Crippen LogP) is 3.44. The average Bonchev–Trinajstić information content (AvgIpc) is 2.06. The molecule has 0 saturated carbocycles. The summed E-state index contributed by atoms with van der Waals surface area (Å²) in [6, 6.07) is 1.97. The number of nitrogens with zero attached hydrogens (tertiary/aromatic N) is 1. The second-order valence-corrected chi connectivity index (χ2v) is 2.18. The Kier molecular flexibility index (Phi) is 4.45. The Morgan fingerprint density at radius 1 is 1.23 bits per heavy atom. The Labute approximate surface area is 75.6 Å². The molecule has 0 aliphatic heterocycles. The van der Waals surface area contributed by atoms with Crippen molar-refractivity contribution in [1.29, 1.82) is 0 Å². The van der Waals surface area contributed by atoms with Gasteiger partial charge in [-0.2, -0.15) is 13.2 Å². The molecule has 1 nitrogen and oxygen atoms in total. The maximum atomic E-state index is 11.9. The van der Waals surface area contributed by atoms with Gasteiger partial charge in [0.25, 0.3) is 0 Å². The van der Waals surface area contributed by atoms with Gasteiger partial charge in [-0.1, -0.05) is 13.8 Å². The third-order valence-electron chi connectivity index (χ3n) is 1.22. The molecule has 0 N–H and O–H groups in total. The van der Waals surface area contributed by atoms with Crippen molar-refractivity contribution in [1.82, 2.24) is 4.98 Å². The van der Waals surface area contributed by atoms with Gasteiger partial charge in [0.15, 0.2) is 0 Å². The minimum atomic E-state index is -4.26. The molecule has 1 aromatic heterocycles. The summed E-state index contributed by atoms with van der Waals surface area (Å²) >= 11 is 0. The maximum absolute atomic E-state index is 11.9. The molecule has 0 radical (unpaired) electrons. The molecule has 1 rings (SSSR count). The van der Waals surface area contributed by atoms with E-state index in [0.29, 0.717) is 5.69 Å². The van der Waals surface area contributed by atoms with Crippen molar-refractivity contribution in [2.24, 2.45) is 0 Å². The highest BCUT2D eigenvalue weighted by Gasteiger charge is 2.30. The third kappa shape index (κ3) is 3.92. The molecule has 0 aliphatic carbocycles. The first kappa shape index (κ1) is 11.9. The van der Waals surface area contributed by atoms with Crippen LogP contribution in [0.1, 0.15) is 25.1 Å². The summed E-state index contributed by atoms with van der Waals surface area (Å²) in [5.74, 6) is 0. The largest absolute Gasteiger partial charge is 0.416 e. The van der Waals surface area contributed by atoms with Gasteiger partial charge in [-0.25, -0.2) is 0 Å². The standard InChI is InChI=1S/C7H6F3N.C2H6/c1-5-4-6(2-3-11-5)7(8,9)10;1-2/h2-4H,1H3;1-2H3. The quantitative estimate of drug-likeness (QED) is 0.612. The van der Waals surface area contributed by atoms with Gasteiger partial charge in [-0.3, -0.25) is 4.98 Å². The Bertz CT molecular complexity index is 255. The highest BCUT2D eigenvalue weighted by Crippen LogP contribution is 2.28. The van der Waals surface area contributed by atoms with E-state index < -0.39 is 11.7 Å². The Morgan fingerprint density at radius 2 is 1.77 bits per heavy atom. The smallest absolute Gasteiger partial charge is 0.262 e. The van der Waals surface area contributed by atoms with Gasteiger partial charge in [-0.15, -0.1) is 0 Å². The van der Waals surface area contributed by atoms with Crippen LogP contribution in [0.15, 0.2) is 18.3 Å². The van der Waals surface area contributed by atoms with Crippen LogP contribution in [0.5, 0.6) is 0 Å².